The number of pyridine rings is 1. The molecule has 2 heterocycles. The van der Waals surface area contributed by atoms with E-state index in [0.29, 0.717) is 11.6 Å². The van der Waals surface area contributed by atoms with Crippen molar-refractivity contribution in [1.82, 2.24) is 15.2 Å². The van der Waals surface area contributed by atoms with Crippen molar-refractivity contribution in [2.75, 3.05) is 11.1 Å². The van der Waals surface area contributed by atoms with Crippen molar-refractivity contribution in [3.05, 3.63) is 36.0 Å². The summed E-state index contributed by atoms with van der Waals surface area (Å²) in [5.74, 6) is 7.36. The average molecular weight is 390 g/mol. The standard InChI is InChI=1S/C23H27N5O/c1-22(2,3)9-7-15-11-16(12-17-19(15)27-28-20(17)24)14-8-10-25-18(13-14)26-21(29)23(4,5)6/h8,10-13H,1-6H3,(H3,24,27,28)(H,25,26,29). The zero-order chi connectivity index (χ0) is 21.4. The summed E-state index contributed by atoms with van der Waals surface area (Å²) < 4.78 is 0. The Hall–Kier alpha value is -3.33. The minimum atomic E-state index is -0.502. The van der Waals surface area contributed by atoms with Crippen LogP contribution in [0.15, 0.2) is 30.5 Å². The summed E-state index contributed by atoms with van der Waals surface area (Å²) in [5, 5.41) is 10.8. The number of anilines is 2. The molecule has 0 spiro atoms. The summed E-state index contributed by atoms with van der Waals surface area (Å²) in [6.45, 7) is 11.8. The van der Waals surface area contributed by atoms with E-state index in [0.717, 1.165) is 27.6 Å². The molecule has 1 aromatic carbocycles. The molecule has 6 heteroatoms. The van der Waals surface area contributed by atoms with Gasteiger partial charge >= 0.3 is 0 Å². The molecule has 4 N–H and O–H groups in total. The summed E-state index contributed by atoms with van der Waals surface area (Å²) in [4.78, 5) is 16.6. The van der Waals surface area contributed by atoms with Gasteiger partial charge in [-0.25, -0.2) is 4.98 Å². The molecule has 2 aromatic heterocycles. The van der Waals surface area contributed by atoms with Crippen molar-refractivity contribution in [2.24, 2.45) is 10.8 Å². The molecule has 0 fully saturated rings. The van der Waals surface area contributed by atoms with Gasteiger partial charge in [-0.1, -0.05) is 32.6 Å². The molecule has 0 aliphatic rings. The lowest BCUT2D eigenvalue weighted by Gasteiger charge is -2.17. The molecule has 0 bridgehead atoms. The number of carbonyl (C=O) groups is 1. The molecule has 0 saturated carbocycles. The normalized spacial score (nSPS) is 11.8. The van der Waals surface area contributed by atoms with Crippen molar-refractivity contribution in [2.45, 2.75) is 41.5 Å². The number of H-pyrrole nitrogens is 1. The van der Waals surface area contributed by atoms with Crippen LogP contribution in [0.4, 0.5) is 11.6 Å². The number of hydrogen-bond donors (Lipinski definition) is 3. The molecule has 0 aliphatic heterocycles. The Morgan fingerprint density at radius 1 is 1.10 bits per heavy atom. The van der Waals surface area contributed by atoms with Crippen LogP contribution < -0.4 is 11.1 Å². The molecular weight excluding hydrogens is 362 g/mol. The molecule has 0 radical (unpaired) electrons. The zero-order valence-electron chi connectivity index (χ0n) is 17.8. The van der Waals surface area contributed by atoms with Crippen molar-refractivity contribution in [1.29, 1.82) is 0 Å². The first-order valence-corrected chi connectivity index (χ1v) is 9.53. The molecule has 0 unspecified atom stereocenters. The lowest BCUT2D eigenvalue weighted by molar-refractivity contribution is -0.123. The van der Waals surface area contributed by atoms with Crippen LogP contribution in [0.1, 0.15) is 47.1 Å². The third kappa shape index (κ3) is 4.75. The van der Waals surface area contributed by atoms with Gasteiger partial charge in [0.25, 0.3) is 0 Å². The Morgan fingerprint density at radius 2 is 1.83 bits per heavy atom. The van der Waals surface area contributed by atoms with E-state index in [2.05, 4.69) is 53.1 Å². The SMILES string of the molecule is CC(C)(C)C#Cc1cc(-c2ccnc(NC(=O)C(C)(C)C)c2)cc2c(N)n[nH]c12. The van der Waals surface area contributed by atoms with Gasteiger partial charge < -0.3 is 11.1 Å². The zero-order valence-corrected chi connectivity index (χ0v) is 17.8. The van der Waals surface area contributed by atoms with Crippen molar-refractivity contribution in [3.8, 4) is 23.0 Å². The van der Waals surface area contributed by atoms with Gasteiger partial charge in [-0.15, -0.1) is 0 Å². The maximum Gasteiger partial charge on any atom is 0.230 e. The first kappa shape index (κ1) is 20.4. The van der Waals surface area contributed by atoms with Gasteiger partial charge in [0.15, 0.2) is 5.82 Å². The number of nitrogens with one attached hydrogen (secondary N) is 2. The highest BCUT2D eigenvalue weighted by atomic mass is 16.2. The Morgan fingerprint density at radius 3 is 2.48 bits per heavy atom. The quantitative estimate of drug-likeness (QED) is 0.559. The van der Waals surface area contributed by atoms with E-state index in [-0.39, 0.29) is 11.3 Å². The van der Waals surface area contributed by atoms with Crippen LogP contribution in [-0.2, 0) is 4.79 Å². The molecule has 1 amide bonds. The minimum absolute atomic E-state index is 0.0894. The lowest BCUT2D eigenvalue weighted by Crippen LogP contribution is -2.27. The number of amides is 1. The van der Waals surface area contributed by atoms with Gasteiger partial charge in [0.2, 0.25) is 5.91 Å². The fourth-order valence-corrected chi connectivity index (χ4v) is 2.64. The third-order valence-corrected chi connectivity index (χ3v) is 4.29. The van der Waals surface area contributed by atoms with E-state index in [1.807, 2.05) is 45.0 Å². The Bertz CT molecular complexity index is 1130. The first-order chi connectivity index (χ1) is 13.4. The largest absolute Gasteiger partial charge is 0.382 e. The van der Waals surface area contributed by atoms with Crippen molar-refractivity contribution >= 4 is 28.4 Å². The Balaban J connectivity index is 2.08. The number of nitrogens with two attached hydrogens (primary N) is 1. The Labute approximate surface area is 171 Å². The van der Waals surface area contributed by atoms with Gasteiger partial charge in [-0.3, -0.25) is 9.89 Å². The van der Waals surface area contributed by atoms with Gasteiger partial charge in [0.1, 0.15) is 5.82 Å². The van der Waals surface area contributed by atoms with Crippen molar-refractivity contribution < 1.29 is 4.79 Å². The maximum absolute atomic E-state index is 12.3. The smallest absolute Gasteiger partial charge is 0.230 e. The maximum atomic E-state index is 12.3. The number of nitrogen functional groups attached to an aromatic ring is 1. The second kappa shape index (κ2) is 7.25. The highest BCUT2D eigenvalue weighted by molar-refractivity contribution is 5.97. The van der Waals surface area contributed by atoms with Crippen molar-refractivity contribution in [3.63, 3.8) is 0 Å². The summed E-state index contributed by atoms with van der Waals surface area (Å²) in [6.07, 6.45) is 1.68. The number of hydrogen-bond acceptors (Lipinski definition) is 4. The van der Waals surface area contributed by atoms with E-state index in [1.165, 1.54) is 0 Å². The van der Waals surface area contributed by atoms with E-state index in [9.17, 15) is 4.79 Å². The van der Waals surface area contributed by atoms with Crippen LogP contribution in [-0.4, -0.2) is 21.1 Å². The molecule has 0 saturated heterocycles. The number of aromatic nitrogens is 3. The second-order valence-corrected chi connectivity index (χ2v) is 9.19. The van der Waals surface area contributed by atoms with Crippen LogP contribution in [0.5, 0.6) is 0 Å². The molecule has 0 atom stereocenters. The Kier molecular flexibility index (Phi) is 5.10. The average Bonchev–Trinajstić information content (AvgIpc) is 2.99. The predicted molar refractivity (Wildman–Crippen MR) is 118 cm³/mol. The molecule has 0 aliphatic carbocycles. The molecule has 6 nitrogen and oxygen atoms in total. The van der Waals surface area contributed by atoms with Gasteiger partial charge in [0, 0.05) is 22.4 Å². The number of nitrogens with zero attached hydrogens (tertiary/aromatic N) is 2. The third-order valence-electron chi connectivity index (χ3n) is 4.29. The molecular formula is C23H27N5O. The minimum Gasteiger partial charge on any atom is -0.382 e. The molecule has 3 rings (SSSR count). The summed E-state index contributed by atoms with van der Waals surface area (Å²) in [5.41, 5.74) is 8.91. The second-order valence-electron chi connectivity index (χ2n) is 9.19. The van der Waals surface area contributed by atoms with Crippen LogP contribution >= 0.6 is 0 Å². The number of carbonyl (C=O) groups excluding carboxylic acids is 1. The van der Waals surface area contributed by atoms with Crippen LogP contribution in [0, 0.1) is 22.7 Å². The highest BCUT2D eigenvalue weighted by Gasteiger charge is 2.21. The number of fused-ring (bicyclic) bond motifs is 1. The molecule has 3 aromatic rings. The summed E-state index contributed by atoms with van der Waals surface area (Å²) in [7, 11) is 0. The number of aromatic amines is 1. The van der Waals surface area contributed by atoms with Gasteiger partial charge in [-0.2, -0.15) is 5.10 Å². The highest BCUT2D eigenvalue weighted by Crippen LogP contribution is 2.30. The fourth-order valence-electron chi connectivity index (χ4n) is 2.64. The van der Waals surface area contributed by atoms with E-state index >= 15 is 0 Å². The number of benzene rings is 1. The monoisotopic (exact) mass is 389 g/mol. The van der Waals surface area contributed by atoms with E-state index < -0.39 is 5.41 Å². The topological polar surface area (TPSA) is 96.7 Å². The molecule has 150 valence electrons. The molecule has 29 heavy (non-hydrogen) atoms. The summed E-state index contributed by atoms with van der Waals surface area (Å²) in [6, 6.07) is 7.72. The van der Waals surface area contributed by atoms with Gasteiger partial charge in [0.05, 0.1) is 11.1 Å². The van der Waals surface area contributed by atoms with Crippen LogP contribution in [0.3, 0.4) is 0 Å². The number of rotatable bonds is 2. The van der Waals surface area contributed by atoms with Gasteiger partial charge in [-0.05, 0) is 56.2 Å². The lowest BCUT2D eigenvalue weighted by atomic mass is 9.95. The first-order valence-electron chi connectivity index (χ1n) is 9.53. The van der Waals surface area contributed by atoms with Crippen LogP contribution in [0.2, 0.25) is 0 Å². The predicted octanol–water partition coefficient (Wildman–Crippen LogP) is 4.59. The van der Waals surface area contributed by atoms with E-state index in [4.69, 9.17) is 5.73 Å². The van der Waals surface area contributed by atoms with Crippen LogP contribution in [0.25, 0.3) is 22.0 Å². The van der Waals surface area contributed by atoms with E-state index in [1.54, 1.807) is 6.20 Å². The summed E-state index contributed by atoms with van der Waals surface area (Å²) >= 11 is 0. The fraction of sp³-hybridized carbons (Fsp3) is 0.348.